The van der Waals surface area contributed by atoms with Crippen LogP contribution < -0.4 is 5.32 Å². The van der Waals surface area contributed by atoms with Gasteiger partial charge in [-0.25, -0.2) is 4.79 Å². The van der Waals surface area contributed by atoms with E-state index >= 15 is 0 Å². The van der Waals surface area contributed by atoms with Gasteiger partial charge >= 0.3 is 6.09 Å². The average molecular weight is 530 g/mol. The van der Waals surface area contributed by atoms with Crippen molar-refractivity contribution in [3.63, 3.8) is 0 Å². The fourth-order valence-corrected chi connectivity index (χ4v) is 11.3. The Morgan fingerprint density at radius 1 is 0.868 bits per heavy atom. The first-order valence-electron chi connectivity index (χ1n) is 15.8. The Kier molecular flexibility index (Phi) is 7.73. The van der Waals surface area contributed by atoms with Crippen LogP contribution in [0.3, 0.4) is 0 Å². The van der Waals surface area contributed by atoms with Crippen LogP contribution in [0.4, 0.5) is 4.79 Å². The lowest BCUT2D eigenvalue weighted by Gasteiger charge is -2.72. The highest BCUT2D eigenvalue weighted by molar-refractivity contribution is 5.69. The number of amides is 1. The van der Waals surface area contributed by atoms with Gasteiger partial charge in [0.05, 0.1) is 6.10 Å². The molecular formula is C34H59NO3. The summed E-state index contributed by atoms with van der Waals surface area (Å²) in [4.78, 5) is 12.9. The van der Waals surface area contributed by atoms with E-state index in [1.54, 1.807) is 6.08 Å². The Labute approximate surface area is 234 Å². The van der Waals surface area contributed by atoms with Gasteiger partial charge in [0.25, 0.3) is 0 Å². The van der Waals surface area contributed by atoms with Crippen LogP contribution in [0.5, 0.6) is 0 Å². The van der Waals surface area contributed by atoms with Crippen molar-refractivity contribution in [2.24, 2.45) is 45.3 Å². The van der Waals surface area contributed by atoms with Gasteiger partial charge in [-0.15, -0.1) is 6.58 Å². The summed E-state index contributed by atoms with van der Waals surface area (Å²) < 4.78 is 5.74. The molecule has 5 rings (SSSR count). The van der Waals surface area contributed by atoms with Crippen LogP contribution in [0.1, 0.15) is 133 Å². The Morgan fingerprint density at radius 2 is 1.53 bits per heavy atom. The van der Waals surface area contributed by atoms with E-state index in [0.29, 0.717) is 34.0 Å². The van der Waals surface area contributed by atoms with Crippen molar-refractivity contribution < 1.29 is 14.6 Å². The van der Waals surface area contributed by atoms with Gasteiger partial charge < -0.3 is 15.2 Å². The van der Waals surface area contributed by atoms with Crippen LogP contribution in [0, 0.1) is 45.3 Å². The molecule has 5 fully saturated rings. The van der Waals surface area contributed by atoms with Gasteiger partial charge in [0.1, 0.15) is 5.60 Å². The quantitative estimate of drug-likeness (QED) is 0.334. The number of ether oxygens (including phenoxy) is 1. The molecule has 2 N–H and O–H groups in total. The first kappa shape index (κ1) is 29.9. The molecule has 0 aliphatic heterocycles. The molecule has 0 aromatic carbocycles. The summed E-state index contributed by atoms with van der Waals surface area (Å²) in [5.74, 6) is 2.59. The summed E-state index contributed by atoms with van der Waals surface area (Å²) in [6.07, 6.45) is 14.5. The number of alkyl carbamates (subject to hydrolysis) is 1. The van der Waals surface area contributed by atoms with Gasteiger partial charge in [0.2, 0.25) is 0 Å². The van der Waals surface area contributed by atoms with Crippen molar-refractivity contribution in [1.82, 2.24) is 5.32 Å². The SMILES string of the molecule is C=CC.CC(C)(C)OC(=O)NC12CCCC1C1CCC3C4(C)CCC(O)C(C)(C)C4CCC3(C)[C@]1(C)CC2. The number of allylic oxidation sites excluding steroid dienone is 1. The van der Waals surface area contributed by atoms with E-state index in [-0.39, 0.29) is 23.2 Å². The highest BCUT2D eigenvalue weighted by atomic mass is 16.6. The zero-order valence-electron chi connectivity index (χ0n) is 26.2. The van der Waals surface area contributed by atoms with E-state index in [9.17, 15) is 9.90 Å². The van der Waals surface area contributed by atoms with Crippen molar-refractivity contribution in [1.29, 1.82) is 0 Å². The lowest BCUT2D eigenvalue weighted by Crippen LogP contribution is -2.68. The molecule has 5 saturated carbocycles. The molecule has 8 unspecified atom stereocenters. The predicted molar refractivity (Wildman–Crippen MR) is 157 cm³/mol. The third kappa shape index (κ3) is 4.47. The molecule has 0 aromatic heterocycles. The number of hydrogen-bond acceptors (Lipinski definition) is 3. The van der Waals surface area contributed by atoms with Crippen LogP contribution in [0.25, 0.3) is 0 Å². The van der Waals surface area contributed by atoms with Crippen molar-refractivity contribution >= 4 is 6.09 Å². The smallest absolute Gasteiger partial charge is 0.408 e. The van der Waals surface area contributed by atoms with Crippen molar-refractivity contribution in [3.05, 3.63) is 12.7 Å². The third-order valence-electron chi connectivity index (χ3n) is 13.1. The molecule has 5 aliphatic rings. The maximum Gasteiger partial charge on any atom is 0.408 e. The minimum Gasteiger partial charge on any atom is -0.444 e. The van der Waals surface area contributed by atoms with Gasteiger partial charge in [-0.1, -0.05) is 47.1 Å². The van der Waals surface area contributed by atoms with Crippen molar-refractivity contribution in [2.75, 3.05) is 0 Å². The number of aliphatic hydroxyl groups excluding tert-OH is 1. The number of fused-ring (bicyclic) bond motifs is 7. The average Bonchev–Trinajstić information content (AvgIpc) is 3.20. The standard InChI is InChI=1S/C31H53NO3.C3H6/c1-26(2,3)35-25(34)32-31-15-9-10-21(31)20-11-12-23-28(6)16-14-24(33)27(4,5)22(28)13-17-30(23,8)29(20,7)18-19-31;1-3-2/h20-24,33H,9-19H2,1-8H3,(H,32,34);3H,1H2,2H3/t20?,21?,22?,23?,24?,28?,29-,30?,31?;/m1./s1. The minimum absolute atomic E-state index is 0.0105. The fraction of sp³-hybridized carbons (Fsp3) is 0.912. The normalized spacial score (nSPS) is 47.2. The summed E-state index contributed by atoms with van der Waals surface area (Å²) in [6.45, 7) is 23.7. The monoisotopic (exact) mass is 529 g/mol. The molecule has 4 heteroatoms. The largest absolute Gasteiger partial charge is 0.444 e. The number of nitrogens with one attached hydrogen (secondary N) is 1. The molecular weight excluding hydrogens is 470 g/mol. The molecule has 5 aliphatic carbocycles. The van der Waals surface area contributed by atoms with Crippen LogP contribution in [-0.2, 0) is 4.74 Å². The van der Waals surface area contributed by atoms with E-state index in [2.05, 4.69) is 46.5 Å². The first-order chi connectivity index (χ1) is 17.5. The molecule has 4 nitrogen and oxygen atoms in total. The third-order valence-corrected chi connectivity index (χ3v) is 13.1. The summed E-state index contributed by atoms with van der Waals surface area (Å²) in [7, 11) is 0. The molecule has 1 amide bonds. The number of carbonyl (C=O) groups is 1. The lowest BCUT2D eigenvalue weighted by molar-refractivity contribution is -0.241. The molecule has 0 spiro atoms. The molecule has 0 bridgehead atoms. The summed E-state index contributed by atoms with van der Waals surface area (Å²) in [5, 5.41) is 14.4. The van der Waals surface area contributed by atoms with E-state index in [1.807, 2.05) is 27.7 Å². The number of aliphatic hydroxyl groups is 1. The first-order valence-corrected chi connectivity index (χ1v) is 15.8. The summed E-state index contributed by atoms with van der Waals surface area (Å²) >= 11 is 0. The van der Waals surface area contributed by atoms with E-state index in [4.69, 9.17) is 4.74 Å². The second-order valence-electron chi connectivity index (χ2n) is 16.2. The highest BCUT2D eigenvalue weighted by Crippen LogP contribution is 2.75. The van der Waals surface area contributed by atoms with E-state index in [0.717, 1.165) is 25.2 Å². The number of carbonyl (C=O) groups excluding carboxylic acids is 1. The van der Waals surface area contributed by atoms with Gasteiger partial charge in [0, 0.05) is 5.54 Å². The topological polar surface area (TPSA) is 58.6 Å². The summed E-state index contributed by atoms with van der Waals surface area (Å²) in [5.41, 5.74) is 0.449. The highest BCUT2D eigenvalue weighted by Gasteiger charge is 2.70. The Balaban J connectivity index is 0.00000107. The molecule has 0 saturated heterocycles. The Hall–Kier alpha value is -1.03. The second kappa shape index (κ2) is 9.81. The van der Waals surface area contributed by atoms with Crippen LogP contribution >= 0.6 is 0 Å². The lowest BCUT2D eigenvalue weighted by atomic mass is 9.33. The molecule has 0 heterocycles. The van der Waals surface area contributed by atoms with Crippen molar-refractivity contribution in [2.45, 2.75) is 150 Å². The maximum atomic E-state index is 12.9. The number of hydrogen-bond donors (Lipinski definition) is 2. The van der Waals surface area contributed by atoms with Gasteiger partial charge in [-0.05, 0) is 137 Å². The molecule has 218 valence electrons. The predicted octanol–water partition coefficient (Wildman–Crippen LogP) is 8.67. The zero-order chi connectivity index (χ0) is 28.4. The molecule has 38 heavy (non-hydrogen) atoms. The zero-order valence-corrected chi connectivity index (χ0v) is 26.2. The minimum atomic E-state index is -0.459. The van der Waals surface area contributed by atoms with Gasteiger partial charge in [0.15, 0.2) is 0 Å². The molecule has 9 atom stereocenters. The summed E-state index contributed by atoms with van der Waals surface area (Å²) in [6, 6.07) is 0. The maximum absolute atomic E-state index is 12.9. The van der Waals surface area contributed by atoms with Crippen LogP contribution in [0.15, 0.2) is 12.7 Å². The van der Waals surface area contributed by atoms with Crippen LogP contribution in [-0.4, -0.2) is 28.4 Å². The number of rotatable bonds is 1. The Bertz CT molecular complexity index is 906. The van der Waals surface area contributed by atoms with Gasteiger partial charge in [-0.2, -0.15) is 0 Å². The van der Waals surface area contributed by atoms with Crippen molar-refractivity contribution in [3.8, 4) is 0 Å². The van der Waals surface area contributed by atoms with E-state index < -0.39 is 5.60 Å². The van der Waals surface area contributed by atoms with E-state index in [1.165, 1.54) is 51.4 Å². The Morgan fingerprint density at radius 3 is 2.16 bits per heavy atom. The van der Waals surface area contributed by atoms with Gasteiger partial charge in [-0.3, -0.25) is 0 Å². The molecule has 0 radical (unpaired) electrons. The second-order valence-corrected chi connectivity index (χ2v) is 16.2. The van der Waals surface area contributed by atoms with Crippen LogP contribution in [0.2, 0.25) is 0 Å². The fourth-order valence-electron chi connectivity index (χ4n) is 11.3. The molecule has 0 aromatic rings.